The summed E-state index contributed by atoms with van der Waals surface area (Å²) in [6, 6.07) is 0. The van der Waals surface area contributed by atoms with Gasteiger partial charge in [-0.05, 0) is 6.92 Å². The molecule has 0 unspecified atom stereocenters. The maximum Gasteiger partial charge on any atom is 0 e. The van der Waals surface area contributed by atoms with Gasteiger partial charge in [-0.15, -0.1) is 0 Å². The number of rotatable bonds is 0. The van der Waals surface area contributed by atoms with Crippen molar-refractivity contribution in [3.05, 3.63) is 6.92 Å². The molecule has 32 valence electrons. The molecule has 0 heterocycles. The number of halogens is 2. The third-order valence-electron chi connectivity index (χ3n) is 0. The molecule has 4 heteroatoms. The van der Waals surface area contributed by atoms with Crippen molar-refractivity contribution in [2.24, 2.45) is 0 Å². The van der Waals surface area contributed by atoms with Crippen LogP contribution in [0.4, 0.5) is 0 Å². The Labute approximate surface area is 99.2 Å². The second-order valence-corrected chi connectivity index (χ2v) is 0. The predicted molar refractivity (Wildman–Crippen MR) is 9.97 cm³/mol. The molecule has 0 N–H and O–H groups in total. The van der Waals surface area contributed by atoms with Gasteiger partial charge in [-0.3, -0.25) is 0 Å². The Balaban J connectivity index is -0.000000000833. The Hall–Kier alpha value is 2.71. The Morgan fingerprint density at radius 2 is 0.833 bits per heavy atom. The zero-order valence-electron chi connectivity index (χ0n) is 3.75. The summed E-state index contributed by atoms with van der Waals surface area (Å²) in [5.74, 6) is 0. The van der Waals surface area contributed by atoms with Crippen molar-refractivity contribution in [3.8, 4) is 0 Å². The molecule has 0 saturated heterocycles. The summed E-state index contributed by atoms with van der Waals surface area (Å²) in [4.78, 5) is 0. The van der Waals surface area contributed by atoms with Crippen LogP contribution >= 0.6 is 0 Å². The Kier molecular flexibility index (Phi) is 297. The topological polar surface area (TPSA) is 0 Å². The molecule has 0 aromatic rings. The van der Waals surface area contributed by atoms with Gasteiger partial charge in [0.15, 0.2) is 0 Å². The van der Waals surface area contributed by atoms with Crippen molar-refractivity contribution in [3.63, 3.8) is 0 Å². The summed E-state index contributed by atoms with van der Waals surface area (Å²) in [7, 11) is 0. The molecule has 0 aromatic carbocycles. The van der Waals surface area contributed by atoms with Crippen molar-refractivity contribution in [1.82, 2.24) is 0 Å². The van der Waals surface area contributed by atoms with Gasteiger partial charge in [0.05, 0.1) is 0 Å². The van der Waals surface area contributed by atoms with E-state index in [-0.39, 0.29) is 86.9 Å². The van der Waals surface area contributed by atoms with Crippen LogP contribution in [0.25, 0.3) is 0 Å². The molecule has 2 radical (unpaired) electrons. The van der Waals surface area contributed by atoms with Gasteiger partial charge in [0.2, 0.25) is 0 Å². The fourth-order valence-corrected chi connectivity index (χ4v) is 0. The molecule has 0 fully saturated rings. The molecular formula is C2H4I2Zn2-2. The van der Waals surface area contributed by atoms with E-state index in [1.54, 1.807) is 0 Å². The first kappa shape index (κ1) is 37.6. The molecule has 0 aromatic heterocycles. The molecule has 0 spiro atoms. The predicted octanol–water partition coefficient (Wildman–Crippen LogP) is -5.28. The second kappa shape index (κ2) is 47.3. The molecule has 0 bridgehead atoms. The maximum atomic E-state index is 4.50. The SMILES string of the molecule is [CH]C.[I-].[I-].[Zn].[Zn]. The van der Waals surface area contributed by atoms with Crippen LogP contribution in [0.1, 0.15) is 6.92 Å². The molecule has 0 rings (SSSR count). The summed E-state index contributed by atoms with van der Waals surface area (Å²) in [5, 5.41) is 0. The van der Waals surface area contributed by atoms with E-state index in [2.05, 4.69) is 6.92 Å². The van der Waals surface area contributed by atoms with E-state index in [0.717, 1.165) is 0 Å². The zero-order chi connectivity index (χ0) is 2.00. The van der Waals surface area contributed by atoms with Gasteiger partial charge in [0.25, 0.3) is 0 Å². The summed E-state index contributed by atoms with van der Waals surface area (Å²) >= 11 is 0. The first-order valence-electron chi connectivity index (χ1n) is 0.577. The maximum absolute atomic E-state index is 4.50. The van der Waals surface area contributed by atoms with Crippen molar-refractivity contribution in [2.75, 3.05) is 0 Å². The smallest absolute Gasteiger partial charge is 0 e. The van der Waals surface area contributed by atoms with Gasteiger partial charge >= 0.3 is 0 Å². The van der Waals surface area contributed by atoms with Crippen molar-refractivity contribution in [1.29, 1.82) is 0 Å². The largest absolute Gasteiger partial charge is 1.00 e. The van der Waals surface area contributed by atoms with Crippen LogP contribution in [0, 0.1) is 6.92 Å². The molecule has 0 atom stereocenters. The normalized spacial score (nSPS) is 1.00. The summed E-state index contributed by atoms with van der Waals surface area (Å²) in [6.07, 6.45) is 0. The molecule has 6 heavy (non-hydrogen) atoms. The first-order valence-corrected chi connectivity index (χ1v) is 0.577. The fraction of sp³-hybridized carbons (Fsp3) is 0.500. The van der Waals surface area contributed by atoms with Crippen molar-refractivity contribution < 1.29 is 86.9 Å². The average molecular weight is 413 g/mol. The molecule has 0 aliphatic heterocycles. The Morgan fingerprint density at radius 1 is 0.833 bits per heavy atom. The van der Waals surface area contributed by atoms with Gasteiger partial charge in [-0.1, -0.05) is 6.92 Å². The van der Waals surface area contributed by atoms with Crippen LogP contribution < -0.4 is 48.0 Å². The van der Waals surface area contributed by atoms with Gasteiger partial charge in [-0.25, -0.2) is 0 Å². The van der Waals surface area contributed by atoms with Crippen LogP contribution in [0.3, 0.4) is 0 Å². The molecule has 0 aliphatic rings. The third kappa shape index (κ3) is 29.8. The van der Waals surface area contributed by atoms with E-state index < -0.39 is 0 Å². The molecule has 0 nitrogen and oxygen atoms in total. The van der Waals surface area contributed by atoms with Gasteiger partial charge in [-0.2, -0.15) is 0 Å². The van der Waals surface area contributed by atoms with E-state index in [0.29, 0.717) is 0 Å². The summed E-state index contributed by atoms with van der Waals surface area (Å²) in [6.45, 7) is 6.00. The molecule has 0 amide bonds. The van der Waals surface area contributed by atoms with Crippen LogP contribution in [0.2, 0.25) is 0 Å². The van der Waals surface area contributed by atoms with Crippen LogP contribution in [-0.4, -0.2) is 0 Å². The molecular weight excluding hydrogens is 409 g/mol. The van der Waals surface area contributed by atoms with Crippen molar-refractivity contribution >= 4 is 0 Å². The van der Waals surface area contributed by atoms with E-state index in [9.17, 15) is 0 Å². The number of hydrogen-bond acceptors (Lipinski definition) is 0. The Morgan fingerprint density at radius 3 is 0.833 bits per heavy atom. The second-order valence-electron chi connectivity index (χ2n) is 0. The van der Waals surface area contributed by atoms with Crippen molar-refractivity contribution in [2.45, 2.75) is 6.92 Å². The van der Waals surface area contributed by atoms with Crippen LogP contribution in [0.5, 0.6) is 0 Å². The third-order valence-corrected chi connectivity index (χ3v) is 0. The standard InChI is InChI=1S/C2H4.2HI.2Zn/c1-2;;;;/h1H,2H3;2*1H;;/p-2. The van der Waals surface area contributed by atoms with E-state index in [1.165, 1.54) is 6.92 Å². The van der Waals surface area contributed by atoms with Crippen LogP contribution in [-0.2, 0) is 39.0 Å². The fourth-order valence-electron chi connectivity index (χ4n) is 0. The monoisotopic (exact) mass is 410 g/mol. The Bertz CT molecular complexity index is 9.51. The van der Waals surface area contributed by atoms with E-state index >= 15 is 0 Å². The number of hydrogen-bond donors (Lipinski definition) is 0. The van der Waals surface area contributed by atoms with E-state index in [4.69, 9.17) is 0 Å². The average Bonchev–Trinajstić information content (AvgIpc) is 1.00. The van der Waals surface area contributed by atoms with Gasteiger partial charge in [0, 0.05) is 39.0 Å². The van der Waals surface area contributed by atoms with E-state index in [1.807, 2.05) is 0 Å². The minimum atomic E-state index is 0. The van der Waals surface area contributed by atoms with Gasteiger partial charge < -0.3 is 48.0 Å². The minimum Gasteiger partial charge on any atom is -1.00 e. The quantitative estimate of drug-likeness (QED) is 0.276. The molecule has 0 aliphatic carbocycles. The summed E-state index contributed by atoms with van der Waals surface area (Å²) in [5.41, 5.74) is 0. The van der Waals surface area contributed by atoms with Gasteiger partial charge in [0.1, 0.15) is 0 Å². The van der Waals surface area contributed by atoms with Crippen LogP contribution in [0.15, 0.2) is 0 Å². The minimum absolute atomic E-state index is 0. The first-order chi connectivity index (χ1) is 1.00. The molecule has 0 saturated carbocycles. The summed E-state index contributed by atoms with van der Waals surface area (Å²) < 4.78 is 0. The zero-order valence-corrected chi connectivity index (χ0v) is 14.0.